The van der Waals surface area contributed by atoms with Crippen LogP contribution in [-0.2, 0) is 19.1 Å². The molecule has 0 saturated carbocycles. The number of hydrogen-bond acceptors (Lipinski definition) is 9. The number of benzene rings is 1. The average molecular weight is 482 g/mol. The second-order valence-electron chi connectivity index (χ2n) is 6.61. The van der Waals surface area contributed by atoms with Gasteiger partial charge in [0.1, 0.15) is 23.3 Å². The molecule has 13 heteroatoms. The maximum absolute atomic E-state index is 13.5. The second kappa shape index (κ2) is 11.9. The molecule has 11 nitrogen and oxygen atoms in total. The van der Waals surface area contributed by atoms with Crippen LogP contribution in [0.2, 0.25) is 0 Å². The van der Waals surface area contributed by atoms with Crippen molar-refractivity contribution in [3.63, 3.8) is 0 Å². The molecule has 0 fully saturated rings. The van der Waals surface area contributed by atoms with Crippen molar-refractivity contribution in [3.05, 3.63) is 46.2 Å². The van der Waals surface area contributed by atoms with Crippen LogP contribution < -0.4 is 16.8 Å². The van der Waals surface area contributed by atoms with Crippen molar-refractivity contribution in [1.82, 2.24) is 14.6 Å². The Kier molecular flexibility index (Phi) is 9.24. The summed E-state index contributed by atoms with van der Waals surface area (Å²) < 4.78 is 27.2. The van der Waals surface area contributed by atoms with E-state index in [1.165, 1.54) is 19.2 Å². The highest BCUT2D eigenvalue weighted by Gasteiger charge is 2.34. The summed E-state index contributed by atoms with van der Waals surface area (Å²) in [4.78, 5) is 50.7. The van der Waals surface area contributed by atoms with Gasteiger partial charge in [-0.3, -0.25) is 19.2 Å². The normalized spacial score (nSPS) is 11.5. The van der Waals surface area contributed by atoms with Gasteiger partial charge < -0.3 is 31.2 Å². The van der Waals surface area contributed by atoms with Crippen LogP contribution in [0.4, 0.5) is 10.1 Å². The molecular formula is C20H24FN5O6S. The van der Waals surface area contributed by atoms with Crippen LogP contribution in [0.1, 0.15) is 38.7 Å². The van der Waals surface area contributed by atoms with Gasteiger partial charge >= 0.3 is 5.97 Å². The van der Waals surface area contributed by atoms with Crippen LogP contribution in [0.15, 0.2) is 24.3 Å². The summed E-state index contributed by atoms with van der Waals surface area (Å²) >= 11 is 0.652. The minimum atomic E-state index is -1.29. The summed E-state index contributed by atoms with van der Waals surface area (Å²) in [6.07, 6.45) is 0. The smallest absolute Gasteiger partial charge is 0.325 e. The predicted molar refractivity (Wildman–Crippen MR) is 117 cm³/mol. The maximum atomic E-state index is 13.5. The van der Waals surface area contributed by atoms with Gasteiger partial charge in [-0.25, -0.2) is 4.39 Å². The van der Waals surface area contributed by atoms with Gasteiger partial charge in [0, 0.05) is 13.7 Å². The highest BCUT2D eigenvalue weighted by molar-refractivity contribution is 7.09. The molecule has 178 valence electrons. The van der Waals surface area contributed by atoms with E-state index in [0.29, 0.717) is 11.5 Å². The Hall–Kier alpha value is -3.58. The van der Waals surface area contributed by atoms with E-state index in [1.807, 2.05) is 0 Å². The number of rotatable bonds is 11. The third-order valence-electron chi connectivity index (χ3n) is 4.41. The highest BCUT2D eigenvalue weighted by Crippen LogP contribution is 2.28. The fourth-order valence-corrected chi connectivity index (χ4v) is 3.64. The van der Waals surface area contributed by atoms with Crippen LogP contribution in [0.25, 0.3) is 0 Å². The molecule has 3 amide bonds. The average Bonchev–Trinajstić information content (AvgIpc) is 3.17. The zero-order valence-electron chi connectivity index (χ0n) is 18.0. The van der Waals surface area contributed by atoms with Crippen LogP contribution in [-0.4, -0.2) is 66.4 Å². The number of halogens is 1. The van der Waals surface area contributed by atoms with E-state index < -0.39 is 42.1 Å². The van der Waals surface area contributed by atoms with Gasteiger partial charge in [0.05, 0.1) is 18.9 Å². The quantitative estimate of drug-likeness (QED) is 0.389. The number of anilines is 1. The van der Waals surface area contributed by atoms with Crippen LogP contribution in [0.3, 0.4) is 0 Å². The molecule has 33 heavy (non-hydrogen) atoms. The summed E-state index contributed by atoms with van der Waals surface area (Å²) in [5.41, 5.74) is 10.9. The lowest BCUT2D eigenvalue weighted by molar-refractivity contribution is -0.143. The molecule has 0 spiro atoms. The van der Waals surface area contributed by atoms with Crippen LogP contribution >= 0.6 is 11.5 Å². The minimum absolute atomic E-state index is 0.0377. The molecule has 0 aliphatic rings. The van der Waals surface area contributed by atoms with Gasteiger partial charge in [0.2, 0.25) is 5.91 Å². The Morgan fingerprint density at radius 2 is 1.91 bits per heavy atom. The first-order valence-electron chi connectivity index (χ1n) is 9.74. The fourth-order valence-electron chi connectivity index (χ4n) is 2.88. The Morgan fingerprint density at radius 3 is 2.45 bits per heavy atom. The van der Waals surface area contributed by atoms with E-state index in [-0.39, 0.29) is 41.6 Å². The molecule has 2 aromatic rings. The standard InChI is InChI=1S/C20H24FN5O6S/c1-3-32-13(27)10-24-19(29)16(11-4-6-12(21)7-5-11)26(8-9-31-2)20(30)17-14(22)15(18(23)28)25-33-17/h4-7,16H,3,8-10,22H2,1-2H3,(H2,23,28)(H,24,29). The van der Waals surface area contributed by atoms with E-state index in [4.69, 9.17) is 20.9 Å². The number of nitrogens with two attached hydrogens (primary N) is 2. The van der Waals surface area contributed by atoms with Crippen molar-refractivity contribution in [2.75, 3.05) is 39.1 Å². The number of carbonyl (C=O) groups excluding carboxylic acids is 4. The number of amides is 3. The van der Waals surface area contributed by atoms with E-state index >= 15 is 0 Å². The van der Waals surface area contributed by atoms with Crippen molar-refractivity contribution >= 4 is 40.9 Å². The monoisotopic (exact) mass is 481 g/mol. The van der Waals surface area contributed by atoms with Gasteiger partial charge in [0.25, 0.3) is 11.8 Å². The van der Waals surface area contributed by atoms with E-state index in [1.54, 1.807) is 6.92 Å². The summed E-state index contributed by atoms with van der Waals surface area (Å²) in [5.74, 6) is -3.57. The Morgan fingerprint density at radius 1 is 1.24 bits per heavy atom. The number of carbonyl (C=O) groups is 4. The Bertz CT molecular complexity index is 1010. The number of hydrogen-bond donors (Lipinski definition) is 3. The molecular weight excluding hydrogens is 457 g/mol. The van der Waals surface area contributed by atoms with Gasteiger partial charge in [-0.15, -0.1) is 0 Å². The number of nitrogen functional groups attached to an aromatic ring is 1. The third-order valence-corrected chi connectivity index (χ3v) is 5.26. The number of nitrogens with one attached hydrogen (secondary N) is 1. The third kappa shape index (κ3) is 6.46. The first-order chi connectivity index (χ1) is 15.7. The zero-order valence-corrected chi connectivity index (χ0v) is 18.8. The Balaban J connectivity index is 2.47. The van der Waals surface area contributed by atoms with E-state index in [9.17, 15) is 23.6 Å². The molecule has 0 radical (unpaired) electrons. The number of primary amides is 1. The molecule has 1 heterocycles. The number of methoxy groups -OCH3 is 1. The number of nitrogens with zero attached hydrogens (tertiary/aromatic N) is 2. The molecule has 0 aliphatic carbocycles. The fraction of sp³-hybridized carbons (Fsp3) is 0.350. The zero-order chi connectivity index (χ0) is 24.5. The first-order valence-corrected chi connectivity index (χ1v) is 10.5. The van der Waals surface area contributed by atoms with Crippen LogP contribution in [0.5, 0.6) is 0 Å². The number of aromatic nitrogens is 1. The SMILES string of the molecule is CCOC(=O)CNC(=O)C(c1ccc(F)cc1)N(CCOC)C(=O)c1snc(C(N)=O)c1N. The second-order valence-corrected chi connectivity index (χ2v) is 7.38. The van der Waals surface area contributed by atoms with Crippen molar-refractivity contribution in [2.45, 2.75) is 13.0 Å². The van der Waals surface area contributed by atoms with Crippen molar-refractivity contribution in [2.24, 2.45) is 5.73 Å². The predicted octanol–water partition coefficient (Wildman–Crippen LogP) is 0.473. The molecule has 1 aromatic carbocycles. The van der Waals surface area contributed by atoms with E-state index in [2.05, 4.69) is 9.69 Å². The molecule has 0 bridgehead atoms. The van der Waals surface area contributed by atoms with Gasteiger partial charge in [-0.1, -0.05) is 12.1 Å². The number of ether oxygens (including phenoxy) is 2. The lowest BCUT2D eigenvalue weighted by Gasteiger charge is -2.31. The van der Waals surface area contributed by atoms with Gasteiger partial charge in [0.15, 0.2) is 5.69 Å². The highest BCUT2D eigenvalue weighted by atomic mass is 32.1. The number of esters is 1. The lowest BCUT2D eigenvalue weighted by Crippen LogP contribution is -2.46. The van der Waals surface area contributed by atoms with E-state index in [0.717, 1.165) is 17.0 Å². The molecule has 1 atom stereocenters. The van der Waals surface area contributed by atoms with Crippen molar-refractivity contribution in [3.8, 4) is 0 Å². The summed E-state index contributed by atoms with van der Waals surface area (Å²) in [7, 11) is 1.41. The van der Waals surface area contributed by atoms with Gasteiger partial charge in [-0.05, 0) is 36.2 Å². The lowest BCUT2D eigenvalue weighted by atomic mass is 10.0. The molecule has 0 saturated heterocycles. The summed E-state index contributed by atoms with van der Waals surface area (Å²) in [6, 6.07) is 3.64. The Labute approximate surface area is 193 Å². The summed E-state index contributed by atoms with van der Waals surface area (Å²) in [6.45, 7) is 1.27. The largest absolute Gasteiger partial charge is 0.465 e. The van der Waals surface area contributed by atoms with Crippen molar-refractivity contribution < 1.29 is 33.0 Å². The molecule has 1 unspecified atom stereocenters. The molecule has 2 rings (SSSR count). The summed E-state index contributed by atoms with van der Waals surface area (Å²) in [5, 5.41) is 2.42. The molecule has 0 aliphatic heterocycles. The topological polar surface area (TPSA) is 167 Å². The minimum Gasteiger partial charge on any atom is -0.465 e. The van der Waals surface area contributed by atoms with Crippen LogP contribution in [0, 0.1) is 5.82 Å². The first kappa shape index (κ1) is 25.7. The van der Waals surface area contributed by atoms with Crippen molar-refractivity contribution in [1.29, 1.82) is 0 Å². The van der Waals surface area contributed by atoms with Gasteiger partial charge in [-0.2, -0.15) is 4.37 Å². The maximum Gasteiger partial charge on any atom is 0.325 e. The molecule has 5 N–H and O–H groups in total. The molecule has 1 aromatic heterocycles.